The minimum Gasteiger partial charge on any atom is -0.383 e. The molecule has 0 unspecified atom stereocenters. The van der Waals surface area contributed by atoms with Crippen LogP contribution in [0.25, 0.3) is 0 Å². The van der Waals surface area contributed by atoms with Crippen LogP contribution in [0.2, 0.25) is 0 Å². The number of anilines is 1. The van der Waals surface area contributed by atoms with Gasteiger partial charge in [-0.3, -0.25) is 5.10 Å². The molecule has 0 spiro atoms. The highest BCUT2D eigenvalue weighted by Gasteiger charge is 2.24. The number of nitrogen functional groups attached to an aromatic ring is 1. The molecule has 20 heavy (non-hydrogen) atoms. The molecule has 0 saturated carbocycles. The van der Waals surface area contributed by atoms with Crippen molar-refractivity contribution in [2.75, 3.05) is 19.0 Å². The van der Waals surface area contributed by atoms with Gasteiger partial charge in [0, 0.05) is 18.5 Å². The summed E-state index contributed by atoms with van der Waals surface area (Å²) in [7, 11) is -2.11. The van der Waals surface area contributed by atoms with E-state index in [4.69, 9.17) is 5.73 Å². The van der Waals surface area contributed by atoms with Crippen LogP contribution in [-0.2, 0) is 16.6 Å². The Morgan fingerprint density at radius 2 is 2.00 bits per heavy atom. The summed E-state index contributed by atoms with van der Waals surface area (Å²) >= 11 is 1.64. The Morgan fingerprint density at radius 3 is 2.50 bits per heavy atom. The SMILES string of the molecule is CSc1ccc(CN(C)S(=O)(=O)c2cn[nH]c2N)cc1. The Morgan fingerprint density at radius 1 is 1.35 bits per heavy atom. The maximum absolute atomic E-state index is 12.3. The van der Waals surface area contributed by atoms with E-state index in [1.54, 1.807) is 11.8 Å². The first-order valence-electron chi connectivity index (χ1n) is 5.83. The normalized spacial score (nSPS) is 11.9. The second kappa shape index (κ2) is 5.86. The predicted octanol–water partition coefficient (Wildman–Crippen LogP) is 1.53. The summed E-state index contributed by atoms with van der Waals surface area (Å²) in [5, 5.41) is 6.07. The van der Waals surface area contributed by atoms with Gasteiger partial charge in [0.2, 0.25) is 10.0 Å². The van der Waals surface area contributed by atoms with Gasteiger partial charge in [-0.1, -0.05) is 12.1 Å². The van der Waals surface area contributed by atoms with Crippen molar-refractivity contribution in [3.8, 4) is 0 Å². The lowest BCUT2D eigenvalue weighted by Gasteiger charge is -2.16. The summed E-state index contributed by atoms with van der Waals surface area (Å²) in [6, 6.07) is 7.76. The summed E-state index contributed by atoms with van der Waals surface area (Å²) in [6.07, 6.45) is 3.21. The van der Waals surface area contributed by atoms with Crippen LogP contribution in [0.4, 0.5) is 5.82 Å². The maximum atomic E-state index is 12.3. The van der Waals surface area contributed by atoms with E-state index in [1.165, 1.54) is 17.5 Å². The van der Waals surface area contributed by atoms with Gasteiger partial charge in [-0.15, -0.1) is 11.8 Å². The molecular formula is C12H16N4O2S2. The smallest absolute Gasteiger partial charge is 0.248 e. The third-order valence-corrected chi connectivity index (χ3v) is 5.46. The number of nitrogens with one attached hydrogen (secondary N) is 1. The Balaban J connectivity index is 2.19. The van der Waals surface area contributed by atoms with Crippen LogP contribution in [0.5, 0.6) is 0 Å². The van der Waals surface area contributed by atoms with Crippen molar-refractivity contribution in [2.45, 2.75) is 16.3 Å². The van der Waals surface area contributed by atoms with Gasteiger partial charge < -0.3 is 5.73 Å². The Hall–Kier alpha value is -1.51. The number of hydrogen-bond acceptors (Lipinski definition) is 5. The Bertz CT molecular complexity index is 680. The zero-order valence-electron chi connectivity index (χ0n) is 11.2. The average molecular weight is 312 g/mol. The van der Waals surface area contributed by atoms with E-state index < -0.39 is 10.0 Å². The monoisotopic (exact) mass is 312 g/mol. The summed E-state index contributed by atoms with van der Waals surface area (Å²) < 4.78 is 25.9. The number of aromatic nitrogens is 2. The van der Waals surface area contributed by atoms with E-state index >= 15 is 0 Å². The van der Waals surface area contributed by atoms with Crippen LogP contribution in [-0.4, -0.2) is 36.2 Å². The molecule has 1 aromatic heterocycles. The topological polar surface area (TPSA) is 92.1 Å². The van der Waals surface area contributed by atoms with Gasteiger partial charge in [0.25, 0.3) is 0 Å². The number of nitrogens with two attached hydrogens (primary N) is 1. The van der Waals surface area contributed by atoms with Gasteiger partial charge in [0.1, 0.15) is 10.7 Å². The molecule has 1 heterocycles. The lowest BCUT2D eigenvalue weighted by Crippen LogP contribution is -2.26. The van der Waals surface area contributed by atoms with Gasteiger partial charge in [0.05, 0.1) is 6.20 Å². The first kappa shape index (κ1) is 14.9. The van der Waals surface area contributed by atoms with Crippen molar-refractivity contribution in [2.24, 2.45) is 0 Å². The third kappa shape index (κ3) is 2.97. The first-order valence-corrected chi connectivity index (χ1v) is 8.49. The Labute approximate surface area is 122 Å². The standard InChI is InChI=1S/C12H16N4O2S2/c1-16(8-9-3-5-10(19-2)6-4-9)20(17,18)11-7-14-15-12(11)13/h3-7H,8H2,1-2H3,(H3,13,14,15). The molecule has 0 aliphatic rings. The lowest BCUT2D eigenvalue weighted by atomic mass is 10.2. The lowest BCUT2D eigenvalue weighted by molar-refractivity contribution is 0.467. The number of sulfonamides is 1. The number of aromatic amines is 1. The Kier molecular flexibility index (Phi) is 4.36. The number of benzene rings is 1. The molecule has 2 aromatic rings. The van der Waals surface area contributed by atoms with Crippen LogP contribution in [0.1, 0.15) is 5.56 Å². The zero-order chi connectivity index (χ0) is 14.8. The molecule has 3 N–H and O–H groups in total. The van der Waals surface area contributed by atoms with E-state index in [-0.39, 0.29) is 17.3 Å². The quantitative estimate of drug-likeness (QED) is 0.817. The number of hydrogen-bond donors (Lipinski definition) is 2. The molecule has 0 aliphatic carbocycles. The van der Waals surface area contributed by atoms with E-state index in [1.807, 2.05) is 30.5 Å². The number of H-pyrrole nitrogens is 1. The summed E-state index contributed by atoms with van der Waals surface area (Å²) in [6.45, 7) is 0.279. The van der Waals surface area contributed by atoms with Gasteiger partial charge in [0.15, 0.2) is 0 Å². The second-order valence-electron chi connectivity index (χ2n) is 4.26. The number of thioether (sulfide) groups is 1. The fourth-order valence-corrected chi connectivity index (χ4v) is 3.30. The second-order valence-corrected chi connectivity index (χ2v) is 7.15. The first-order chi connectivity index (χ1) is 9.45. The van der Waals surface area contributed by atoms with Gasteiger partial charge in [-0.25, -0.2) is 8.42 Å². The molecule has 6 nitrogen and oxygen atoms in total. The molecule has 0 fully saturated rings. The van der Waals surface area contributed by atoms with Crippen molar-refractivity contribution in [1.29, 1.82) is 0 Å². The minimum absolute atomic E-state index is 0.000680. The fraction of sp³-hybridized carbons (Fsp3) is 0.250. The van der Waals surface area contributed by atoms with Crippen LogP contribution in [0.15, 0.2) is 40.3 Å². The molecule has 0 atom stereocenters. The molecule has 2 rings (SSSR count). The highest BCUT2D eigenvalue weighted by Crippen LogP contribution is 2.21. The average Bonchev–Trinajstić information content (AvgIpc) is 2.86. The van der Waals surface area contributed by atoms with Crippen molar-refractivity contribution in [3.63, 3.8) is 0 Å². The van der Waals surface area contributed by atoms with E-state index in [2.05, 4.69) is 10.2 Å². The molecule has 108 valence electrons. The molecule has 0 amide bonds. The molecule has 0 radical (unpaired) electrons. The third-order valence-electron chi connectivity index (χ3n) is 2.88. The number of nitrogens with zero attached hydrogens (tertiary/aromatic N) is 2. The van der Waals surface area contributed by atoms with Crippen molar-refractivity contribution >= 4 is 27.6 Å². The van der Waals surface area contributed by atoms with Gasteiger partial charge >= 0.3 is 0 Å². The summed E-state index contributed by atoms with van der Waals surface area (Å²) in [5.74, 6) is 0.0505. The molecule has 0 bridgehead atoms. The van der Waals surface area contributed by atoms with E-state index in [0.717, 1.165) is 10.5 Å². The molecular weight excluding hydrogens is 296 g/mol. The molecule has 0 saturated heterocycles. The summed E-state index contributed by atoms with van der Waals surface area (Å²) in [5.41, 5.74) is 6.48. The summed E-state index contributed by atoms with van der Waals surface area (Å²) in [4.78, 5) is 1.14. The van der Waals surface area contributed by atoms with Gasteiger partial charge in [-0.05, 0) is 24.0 Å². The van der Waals surface area contributed by atoms with Gasteiger partial charge in [-0.2, -0.15) is 9.40 Å². The maximum Gasteiger partial charge on any atom is 0.248 e. The molecule has 8 heteroatoms. The van der Waals surface area contributed by atoms with Crippen molar-refractivity contribution < 1.29 is 8.42 Å². The van der Waals surface area contributed by atoms with E-state index in [9.17, 15) is 8.42 Å². The largest absolute Gasteiger partial charge is 0.383 e. The highest BCUT2D eigenvalue weighted by molar-refractivity contribution is 7.98. The van der Waals surface area contributed by atoms with E-state index in [0.29, 0.717) is 0 Å². The zero-order valence-corrected chi connectivity index (χ0v) is 12.8. The highest BCUT2D eigenvalue weighted by atomic mass is 32.2. The predicted molar refractivity (Wildman–Crippen MR) is 79.9 cm³/mol. The number of rotatable bonds is 5. The van der Waals surface area contributed by atoms with Crippen molar-refractivity contribution in [1.82, 2.24) is 14.5 Å². The minimum atomic E-state index is -3.63. The van der Waals surface area contributed by atoms with Crippen LogP contribution < -0.4 is 5.73 Å². The van der Waals surface area contributed by atoms with Crippen molar-refractivity contribution in [3.05, 3.63) is 36.0 Å². The fourth-order valence-electron chi connectivity index (χ4n) is 1.73. The molecule has 1 aromatic carbocycles. The molecule has 0 aliphatic heterocycles. The van der Waals surface area contributed by atoms with Crippen LogP contribution in [0, 0.1) is 0 Å². The van der Waals surface area contributed by atoms with Crippen LogP contribution in [0.3, 0.4) is 0 Å². The van der Waals surface area contributed by atoms with Crippen LogP contribution >= 0.6 is 11.8 Å².